The number of aromatic nitrogens is 1. The normalized spacial score (nSPS) is 23.2. The number of carbonyl (C=O) groups excluding carboxylic acids is 1. The Hall–Kier alpha value is -0.200. The molecule has 10 heavy (non-hydrogen) atoms. The maximum Gasteiger partial charge on any atom is 0.245 e. The molecule has 0 bridgehead atoms. The predicted molar refractivity (Wildman–Crippen MR) is 40.4 cm³/mol. The number of hydrogen-bond acceptors (Lipinski definition) is 5. The molecule has 1 aliphatic rings. The number of fused-ring (bicyclic) bond motifs is 1. The van der Waals surface area contributed by atoms with Gasteiger partial charge in [0.1, 0.15) is 14.7 Å². The zero-order valence-electron chi connectivity index (χ0n) is 4.57. The largest absolute Gasteiger partial charge is 0.280 e. The highest BCUT2D eigenvalue weighted by Crippen LogP contribution is 2.35. The van der Waals surface area contributed by atoms with Gasteiger partial charge in [-0.15, -0.1) is 11.3 Å². The Labute approximate surface area is 66.7 Å². The first-order valence-electron chi connectivity index (χ1n) is 2.37. The van der Waals surface area contributed by atoms with Gasteiger partial charge in [-0.3, -0.25) is 4.79 Å². The van der Waals surface area contributed by atoms with Crippen LogP contribution in [0, 0.1) is 0 Å². The number of hydrogen-bond donors (Lipinski definition) is 0. The van der Waals surface area contributed by atoms with Gasteiger partial charge in [0.05, 0.1) is 5.51 Å². The molecule has 1 aromatic heterocycles. The van der Waals surface area contributed by atoms with Crippen LogP contribution in [0.5, 0.6) is 0 Å². The van der Waals surface area contributed by atoms with Crippen molar-refractivity contribution in [1.82, 2.24) is 4.98 Å². The number of carbonyl (C=O) groups is 1. The van der Waals surface area contributed by atoms with E-state index < -0.39 is 9.83 Å². The Morgan fingerprint density at radius 3 is 3.10 bits per heavy atom. The predicted octanol–water partition coefficient (Wildman–Crippen LogP) is 1.05. The lowest BCUT2D eigenvalue weighted by Crippen LogP contribution is -1.79. The Morgan fingerprint density at radius 1 is 1.60 bits per heavy atom. The van der Waals surface area contributed by atoms with E-state index in [1.807, 2.05) is 0 Å². The van der Waals surface area contributed by atoms with Gasteiger partial charge < -0.3 is 0 Å². The van der Waals surface area contributed by atoms with Crippen LogP contribution in [-0.2, 0) is 9.83 Å². The van der Waals surface area contributed by atoms with Crippen LogP contribution in [0.3, 0.4) is 0 Å². The van der Waals surface area contributed by atoms with Gasteiger partial charge in [0.2, 0.25) is 5.12 Å². The molecule has 2 heterocycles. The molecular weight excluding hydrogens is 190 g/mol. The van der Waals surface area contributed by atoms with E-state index in [1.54, 1.807) is 5.51 Å². The Bertz CT molecular complexity index is 290. The summed E-state index contributed by atoms with van der Waals surface area (Å²) < 4.78 is 10.9. The first-order valence-corrected chi connectivity index (χ1v) is 5.73. The molecule has 2 rings (SSSR count). The van der Waals surface area contributed by atoms with Crippen LogP contribution in [0.1, 0.15) is 9.67 Å². The van der Waals surface area contributed by atoms with E-state index >= 15 is 0 Å². The van der Waals surface area contributed by atoms with E-state index in [4.69, 9.17) is 0 Å². The quantitative estimate of drug-likeness (QED) is 0.575. The second kappa shape index (κ2) is 2.14. The lowest BCUT2D eigenvalue weighted by Gasteiger charge is -1.77. The van der Waals surface area contributed by atoms with E-state index in [2.05, 4.69) is 4.98 Å². The van der Waals surface area contributed by atoms with E-state index in [0.717, 1.165) is 10.8 Å². The van der Waals surface area contributed by atoms with Gasteiger partial charge in [0.25, 0.3) is 0 Å². The van der Waals surface area contributed by atoms with Crippen molar-refractivity contribution >= 4 is 37.1 Å². The van der Waals surface area contributed by atoms with Crippen molar-refractivity contribution in [3.8, 4) is 0 Å². The SMILES string of the molecule is O=C1SS(=O)c2ncsc21. The van der Waals surface area contributed by atoms with Crippen LogP contribution in [-0.4, -0.2) is 14.3 Å². The van der Waals surface area contributed by atoms with E-state index in [9.17, 15) is 9.00 Å². The third-order valence-corrected chi connectivity index (χ3v) is 4.63. The van der Waals surface area contributed by atoms with Crippen LogP contribution in [0.4, 0.5) is 0 Å². The van der Waals surface area contributed by atoms with E-state index in [0.29, 0.717) is 9.90 Å². The summed E-state index contributed by atoms with van der Waals surface area (Å²) in [7, 11) is -0.393. The molecule has 52 valence electrons. The lowest BCUT2D eigenvalue weighted by molar-refractivity contribution is 0.109. The fraction of sp³-hybridized carbons (Fsp3) is 0. The van der Waals surface area contributed by atoms with Crippen LogP contribution < -0.4 is 0 Å². The molecule has 0 N–H and O–H groups in total. The minimum absolute atomic E-state index is 0.115. The molecule has 0 saturated carbocycles. The molecule has 6 heteroatoms. The lowest BCUT2D eigenvalue weighted by atomic mass is 10.6. The van der Waals surface area contributed by atoms with Crippen LogP contribution >= 0.6 is 22.1 Å². The molecule has 0 amide bonds. The van der Waals surface area contributed by atoms with Gasteiger partial charge in [-0.2, -0.15) is 0 Å². The number of rotatable bonds is 0. The molecule has 0 aliphatic carbocycles. The molecule has 0 radical (unpaired) electrons. The fourth-order valence-electron chi connectivity index (χ4n) is 0.636. The topological polar surface area (TPSA) is 47.0 Å². The summed E-state index contributed by atoms with van der Waals surface area (Å²) in [6, 6.07) is 0. The molecule has 1 atom stereocenters. The van der Waals surface area contributed by atoms with Crippen LogP contribution in [0.25, 0.3) is 0 Å². The van der Waals surface area contributed by atoms with Crippen molar-refractivity contribution in [2.75, 3.05) is 0 Å². The first-order chi connectivity index (χ1) is 4.79. The van der Waals surface area contributed by atoms with Crippen molar-refractivity contribution in [3.63, 3.8) is 0 Å². The van der Waals surface area contributed by atoms with Gasteiger partial charge in [0.15, 0.2) is 5.03 Å². The van der Waals surface area contributed by atoms with Crippen molar-refractivity contribution in [1.29, 1.82) is 0 Å². The summed E-state index contributed by atoms with van der Waals surface area (Å²) >= 11 is 1.25. The monoisotopic (exact) mass is 191 g/mol. The molecule has 0 saturated heterocycles. The molecule has 1 aromatic rings. The molecule has 0 fully saturated rings. The Balaban J connectivity index is 2.69. The third kappa shape index (κ3) is 0.759. The van der Waals surface area contributed by atoms with Crippen LogP contribution in [0.2, 0.25) is 0 Å². The average molecular weight is 191 g/mol. The molecule has 0 spiro atoms. The highest BCUT2D eigenvalue weighted by molar-refractivity contribution is 8.76. The Kier molecular flexibility index (Phi) is 1.40. The zero-order chi connectivity index (χ0) is 7.14. The second-order valence-corrected chi connectivity index (χ2v) is 5.25. The average Bonchev–Trinajstić information content (AvgIpc) is 2.39. The molecular formula is C4HNO2S3. The number of thiazole rings is 1. The van der Waals surface area contributed by atoms with Crippen LogP contribution in [0.15, 0.2) is 10.5 Å². The minimum Gasteiger partial charge on any atom is -0.280 e. The van der Waals surface area contributed by atoms with E-state index in [-0.39, 0.29) is 5.12 Å². The molecule has 1 unspecified atom stereocenters. The summed E-state index contributed by atoms with van der Waals surface area (Å²) in [6.07, 6.45) is 0. The summed E-state index contributed by atoms with van der Waals surface area (Å²) in [4.78, 5) is 15.2. The number of nitrogens with zero attached hydrogens (tertiary/aromatic N) is 1. The summed E-state index contributed by atoms with van der Waals surface area (Å²) in [5.41, 5.74) is 1.54. The summed E-state index contributed by atoms with van der Waals surface area (Å²) in [5, 5.41) is 0.329. The highest BCUT2D eigenvalue weighted by atomic mass is 33.1. The smallest absolute Gasteiger partial charge is 0.245 e. The van der Waals surface area contributed by atoms with Gasteiger partial charge in [0, 0.05) is 10.8 Å². The van der Waals surface area contributed by atoms with Gasteiger partial charge in [-0.05, 0) is 0 Å². The maximum atomic E-state index is 10.9. The highest BCUT2D eigenvalue weighted by Gasteiger charge is 2.30. The van der Waals surface area contributed by atoms with Gasteiger partial charge in [-0.1, -0.05) is 0 Å². The van der Waals surface area contributed by atoms with Gasteiger partial charge in [-0.25, -0.2) is 9.19 Å². The maximum absolute atomic E-state index is 10.9. The summed E-state index contributed by atoms with van der Waals surface area (Å²) in [6.45, 7) is 0. The fourth-order valence-corrected chi connectivity index (χ4v) is 4.29. The molecule has 0 aromatic carbocycles. The van der Waals surface area contributed by atoms with Gasteiger partial charge >= 0.3 is 0 Å². The minimum atomic E-state index is -1.23. The van der Waals surface area contributed by atoms with E-state index in [1.165, 1.54) is 11.3 Å². The summed E-state index contributed by atoms with van der Waals surface area (Å²) in [5.74, 6) is 0. The third-order valence-electron chi connectivity index (χ3n) is 1.03. The van der Waals surface area contributed by atoms with Crippen molar-refractivity contribution in [3.05, 3.63) is 10.4 Å². The van der Waals surface area contributed by atoms with Crippen molar-refractivity contribution in [2.45, 2.75) is 5.03 Å². The second-order valence-electron chi connectivity index (χ2n) is 1.59. The van der Waals surface area contributed by atoms with Crippen molar-refractivity contribution in [2.24, 2.45) is 0 Å². The molecule has 3 nitrogen and oxygen atoms in total. The molecule has 1 aliphatic heterocycles. The van der Waals surface area contributed by atoms with Crippen molar-refractivity contribution < 1.29 is 9.00 Å². The zero-order valence-corrected chi connectivity index (χ0v) is 7.02. The Morgan fingerprint density at radius 2 is 2.40 bits per heavy atom. The first kappa shape index (κ1) is 6.51. The standard InChI is InChI=1S/C4HNO2S3/c6-4-2-3(5-1-8-2)10(7)9-4/h1H.